The Morgan fingerprint density at radius 1 is 1.33 bits per heavy atom. The van der Waals surface area contributed by atoms with E-state index in [2.05, 4.69) is 10.4 Å². The van der Waals surface area contributed by atoms with Gasteiger partial charge in [-0.1, -0.05) is 0 Å². The topological polar surface area (TPSA) is 15.3 Å². The molecular weight excluding hydrogens is 136 g/mol. The van der Waals surface area contributed by atoms with Gasteiger partial charge in [0.15, 0.2) is 0 Å². The summed E-state index contributed by atoms with van der Waals surface area (Å²) in [5, 5.41) is 2.34. The molecule has 2 aliphatic rings. The van der Waals surface area contributed by atoms with E-state index in [9.17, 15) is 0 Å². The third-order valence-electron chi connectivity index (χ3n) is 2.17. The van der Waals surface area contributed by atoms with Crippen molar-refractivity contribution >= 4 is 12.4 Å². The Labute approximate surface area is 62.0 Å². The van der Waals surface area contributed by atoms with E-state index in [4.69, 9.17) is 0 Å². The molecule has 2 unspecified atom stereocenters. The molecule has 0 radical (unpaired) electrons. The Morgan fingerprint density at radius 2 is 2.22 bits per heavy atom. The van der Waals surface area contributed by atoms with Crippen LogP contribution in [0.1, 0.15) is 12.8 Å². The molecule has 2 atom stereocenters. The van der Waals surface area contributed by atoms with Crippen molar-refractivity contribution < 1.29 is 0 Å². The smallest absolute Gasteiger partial charge is 0.0160 e. The first-order valence-electron chi connectivity index (χ1n) is 3.43. The zero-order valence-electron chi connectivity index (χ0n) is 5.47. The lowest BCUT2D eigenvalue weighted by atomic mass is 10.1. The average molecular weight is 149 g/mol. The molecule has 1 N–H and O–H groups in total. The Balaban J connectivity index is 0.000000405. The summed E-state index contributed by atoms with van der Waals surface area (Å²) in [5.41, 5.74) is 3.34. The van der Waals surface area contributed by atoms with Gasteiger partial charge in [0.2, 0.25) is 0 Å². The highest BCUT2D eigenvalue weighted by molar-refractivity contribution is 5.85. The molecule has 2 bridgehead atoms. The summed E-state index contributed by atoms with van der Waals surface area (Å²) in [4.78, 5) is 0. The molecule has 0 aromatic rings. The largest absolute Gasteiger partial charge is 0.255 e. The van der Waals surface area contributed by atoms with Crippen molar-refractivity contribution in [3.63, 3.8) is 0 Å². The van der Waals surface area contributed by atoms with Gasteiger partial charge in [0.1, 0.15) is 0 Å². The van der Waals surface area contributed by atoms with Gasteiger partial charge in [-0.05, 0) is 18.8 Å². The van der Waals surface area contributed by atoms with E-state index >= 15 is 0 Å². The second-order valence-corrected chi connectivity index (χ2v) is 2.80. The first kappa shape index (κ1) is 7.32. The van der Waals surface area contributed by atoms with E-state index in [1.54, 1.807) is 0 Å². The Hall–Kier alpha value is 0.210. The maximum Gasteiger partial charge on any atom is 0.0160 e. The second kappa shape index (κ2) is 2.86. The van der Waals surface area contributed by atoms with Crippen LogP contribution in [0, 0.1) is 5.92 Å². The van der Waals surface area contributed by atoms with Gasteiger partial charge < -0.3 is 0 Å². The Morgan fingerprint density at radius 3 is 2.89 bits per heavy atom. The molecule has 2 heterocycles. The summed E-state index contributed by atoms with van der Waals surface area (Å²) < 4.78 is 0. The van der Waals surface area contributed by atoms with Crippen LogP contribution in [0.5, 0.6) is 0 Å². The molecule has 0 aromatic heterocycles. The van der Waals surface area contributed by atoms with Crippen molar-refractivity contribution in [3.8, 4) is 0 Å². The monoisotopic (exact) mass is 148 g/mol. The van der Waals surface area contributed by atoms with Crippen LogP contribution < -0.4 is 5.43 Å². The van der Waals surface area contributed by atoms with E-state index in [1.165, 1.54) is 32.5 Å². The van der Waals surface area contributed by atoms with Crippen LogP contribution in [0.25, 0.3) is 0 Å². The summed E-state index contributed by atoms with van der Waals surface area (Å²) in [5.74, 6) is 1.02. The van der Waals surface area contributed by atoms with Crippen molar-refractivity contribution in [3.05, 3.63) is 0 Å². The first-order valence-corrected chi connectivity index (χ1v) is 3.43. The second-order valence-electron chi connectivity index (χ2n) is 2.80. The summed E-state index contributed by atoms with van der Waals surface area (Å²) >= 11 is 0. The average Bonchev–Trinajstić information content (AvgIpc) is 2.12. The van der Waals surface area contributed by atoms with Gasteiger partial charge in [-0.2, -0.15) is 0 Å². The number of hydrogen-bond donors (Lipinski definition) is 1. The molecule has 9 heavy (non-hydrogen) atoms. The predicted octanol–water partition coefficient (Wildman–Crippen LogP) is 0.638. The van der Waals surface area contributed by atoms with Crippen molar-refractivity contribution in [2.45, 2.75) is 12.8 Å². The summed E-state index contributed by atoms with van der Waals surface area (Å²) in [6, 6.07) is 0. The lowest BCUT2D eigenvalue weighted by molar-refractivity contribution is 0.190. The van der Waals surface area contributed by atoms with E-state index in [0.29, 0.717) is 0 Å². The molecule has 3 heteroatoms. The summed E-state index contributed by atoms with van der Waals surface area (Å²) in [6.07, 6.45) is 2.82. The minimum Gasteiger partial charge on any atom is -0.255 e. The molecular formula is C6H13ClN2. The predicted molar refractivity (Wildman–Crippen MR) is 39.5 cm³/mol. The van der Waals surface area contributed by atoms with Crippen LogP contribution in [0.15, 0.2) is 0 Å². The number of hydrazine groups is 1. The summed E-state index contributed by atoms with van der Waals surface area (Å²) in [6.45, 7) is 3.80. The van der Waals surface area contributed by atoms with Crippen LogP contribution in [0.4, 0.5) is 0 Å². The van der Waals surface area contributed by atoms with Gasteiger partial charge in [-0.15, -0.1) is 12.4 Å². The minimum atomic E-state index is 0. The van der Waals surface area contributed by atoms with E-state index in [0.717, 1.165) is 5.92 Å². The van der Waals surface area contributed by atoms with Crippen LogP contribution in [-0.4, -0.2) is 24.6 Å². The zero-order chi connectivity index (χ0) is 5.40. The van der Waals surface area contributed by atoms with E-state index in [1.807, 2.05) is 0 Å². The SMILES string of the molecule is C1CC2CCN(C2)N1.Cl. The van der Waals surface area contributed by atoms with E-state index in [-0.39, 0.29) is 12.4 Å². The molecule has 2 nitrogen and oxygen atoms in total. The number of rotatable bonds is 0. The van der Waals surface area contributed by atoms with Crippen molar-refractivity contribution in [2.75, 3.05) is 19.6 Å². The molecule has 54 valence electrons. The minimum absolute atomic E-state index is 0. The summed E-state index contributed by atoms with van der Waals surface area (Å²) in [7, 11) is 0. The van der Waals surface area contributed by atoms with E-state index < -0.39 is 0 Å². The lowest BCUT2D eigenvalue weighted by Crippen LogP contribution is -2.40. The van der Waals surface area contributed by atoms with Gasteiger partial charge in [0.25, 0.3) is 0 Å². The highest BCUT2D eigenvalue weighted by Gasteiger charge is 2.25. The molecule has 0 aromatic carbocycles. The molecule has 2 rings (SSSR count). The number of halogens is 1. The molecule has 2 fully saturated rings. The third-order valence-corrected chi connectivity index (χ3v) is 2.17. The van der Waals surface area contributed by atoms with Crippen LogP contribution in [0.2, 0.25) is 0 Å². The van der Waals surface area contributed by atoms with Gasteiger partial charge in [0.05, 0.1) is 0 Å². The number of fused-ring (bicyclic) bond motifs is 2. The molecule has 0 spiro atoms. The molecule has 0 saturated carbocycles. The molecule has 0 aliphatic carbocycles. The normalized spacial score (nSPS) is 40.0. The molecule has 2 aliphatic heterocycles. The van der Waals surface area contributed by atoms with Crippen LogP contribution >= 0.6 is 12.4 Å². The standard InChI is InChI=1S/C6H12N2.ClH/c1-3-7-8-4-2-6(1)5-8;/h6-7H,1-5H2;1H. The maximum absolute atomic E-state index is 3.34. The van der Waals surface area contributed by atoms with Crippen molar-refractivity contribution in [1.29, 1.82) is 0 Å². The first-order chi connectivity index (χ1) is 3.95. The van der Waals surface area contributed by atoms with Crippen molar-refractivity contribution in [1.82, 2.24) is 10.4 Å². The maximum atomic E-state index is 3.34. The highest BCUT2D eigenvalue weighted by Crippen LogP contribution is 2.20. The Bertz CT molecular complexity index is 83.1. The van der Waals surface area contributed by atoms with Crippen LogP contribution in [-0.2, 0) is 0 Å². The molecule has 0 amide bonds. The fourth-order valence-electron chi connectivity index (χ4n) is 1.64. The number of hydrogen-bond acceptors (Lipinski definition) is 2. The highest BCUT2D eigenvalue weighted by atomic mass is 35.5. The quantitative estimate of drug-likeness (QED) is 0.543. The zero-order valence-corrected chi connectivity index (χ0v) is 6.28. The fourth-order valence-corrected chi connectivity index (χ4v) is 1.64. The lowest BCUT2D eigenvalue weighted by Gasteiger charge is -2.22. The van der Waals surface area contributed by atoms with Gasteiger partial charge in [-0.3, -0.25) is 5.43 Å². The Kier molecular flexibility index (Phi) is 2.33. The van der Waals surface area contributed by atoms with Crippen LogP contribution in [0.3, 0.4) is 0 Å². The third kappa shape index (κ3) is 1.37. The van der Waals surface area contributed by atoms with Gasteiger partial charge in [-0.25, -0.2) is 5.01 Å². The number of nitrogens with one attached hydrogen (secondary N) is 1. The van der Waals surface area contributed by atoms with Gasteiger partial charge >= 0.3 is 0 Å². The van der Waals surface area contributed by atoms with Gasteiger partial charge in [0, 0.05) is 19.6 Å². The van der Waals surface area contributed by atoms with Crippen molar-refractivity contribution in [2.24, 2.45) is 5.92 Å². The molecule has 2 saturated heterocycles. The number of nitrogens with zero attached hydrogens (tertiary/aromatic N) is 1. The fraction of sp³-hybridized carbons (Fsp3) is 1.00.